The number of nitrogens with two attached hydrogens (primary N) is 1. The van der Waals surface area contributed by atoms with Crippen LogP contribution in [-0.4, -0.2) is 34.9 Å². The van der Waals surface area contributed by atoms with E-state index in [-0.39, 0.29) is 11.9 Å². The SMILES string of the molecule is CC(C)Nc1nc(N)c(C(=O)N(C)C2CC2)s1. The highest BCUT2D eigenvalue weighted by Gasteiger charge is 2.32. The van der Waals surface area contributed by atoms with Gasteiger partial charge in [-0.15, -0.1) is 0 Å². The lowest BCUT2D eigenvalue weighted by atomic mass is 10.4. The fourth-order valence-corrected chi connectivity index (χ4v) is 2.60. The molecule has 0 radical (unpaired) electrons. The Morgan fingerprint density at radius 2 is 2.24 bits per heavy atom. The molecule has 3 N–H and O–H groups in total. The van der Waals surface area contributed by atoms with E-state index in [2.05, 4.69) is 10.3 Å². The molecule has 1 aliphatic carbocycles. The Balaban J connectivity index is 2.14. The van der Waals surface area contributed by atoms with E-state index in [0.29, 0.717) is 21.9 Å². The summed E-state index contributed by atoms with van der Waals surface area (Å²) in [7, 11) is 1.83. The van der Waals surface area contributed by atoms with Crippen LogP contribution in [0.1, 0.15) is 36.4 Å². The second kappa shape index (κ2) is 4.52. The van der Waals surface area contributed by atoms with Crippen molar-refractivity contribution < 1.29 is 4.79 Å². The van der Waals surface area contributed by atoms with Crippen LogP contribution in [0.5, 0.6) is 0 Å². The maximum atomic E-state index is 12.1. The first-order chi connectivity index (χ1) is 7.99. The lowest BCUT2D eigenvalue weighted by Crippen LogP contribution is -2.28. The van der Waals surface area contributed by atoms with E-state index < -0.39 is 0 Å². The number of carbonyl (C=O) groups excluding carboxylic acids is 1. The van der Waals surface area contributed by atoms with Crippen molar-refractivity contribution in [2.24, 2.45) is 0 Å². The van der Waals surface area contributed by atoms with Gasteiger partial charge in [-0.2, -0.15) is 0 Å². The van der Waals surface area contributed by atoms with E-state index in [1.807, 2.05) is 20.9 Å². The van der Waals surface area contributed by atoms with Gasteiger partial charge < -0.3 is 16.0 Å². The first-order valence-corrected chi connectivity index (χ1v) is 6.60. The zero-order valence-corrected chi connectivity index (χ0v) is 11.2. The van der Waals surface area contributed by atoms with Gasteiger partial charge in [0.2, 0.25) is 0 Å². The second-order valence-corrected chi connectivity index (χ2v) is 5.68. The molecule has 1 amide bonds. The van der Waals surface area contributed by atoms with Crippen LogP contribution in [0.15, 0.2) is 0 Å². The number of hydrogen-bond acceptors (Lipinski definition) is 5. The average molecular weight is 254 g/mol. The molecule has 0 bridgehead atoms. The van der Waals surface area contributed by atoms with Crippen LogP contribution in [0, 0.1) is 0 Å². The third kappa shape index (κ3) is 2.69. The number of amides is 1. The number of hydrogen-bond donors (Lipinski definition) is 2. The van der Waals surface area contributed by atoms with E-state index in [9.17, 15) is 4.79 Å². The molecule has 1 aliphatic rings. The molecule has 0 atom stereocenters. The predicted molar refractivity (Wildman–Crippen MR) is 70.4 cm³/mol. The summed E-state index contributed by atoms with van der Waals surface area (Å²) in [6, 6.07) is 0.676. The average Bonchev–Trinajstić information content (AvgIpc) is 3.01. The Morgan fingerprint density at radius 1 is 1.59 bits per heavy atom. The Hall–Kier alpha value is -1.30. The molecule has 17 heavy (non-hydrogen) atoms. The monoisotopic (exact) mass is 254 g/mol. The van der Waals surface area contributed by atoms with E-state index in [1.165, 1.54) is 11.3 Å². The largest absolute Gasteiger partial charge is 0.382 e. The molecule has 1 fully saturated rings. The molecule has 1 aromatic rings. The minimum Gasteiger partial charge on any atom is -0.382 e. The quantitative estimate of drug-likeness (QED) is 0.859. The van der Waals surface area contributed by atoms with Crippen molar-refractivity contribution >= 4 is 28.2 Å². The van der Waals surface area contributed by atoms with E-state index in [4.69, 9.17) is 5.73 Å². The van der Waals surface area contributed by atoms with Gasteiger partial charge in [-0.05, 0) is 26.7 Å². The first kappa shape index (κ1) is 12.2. The molecule has 94 valence electrons. The van der Waals surface area contributed by atoms with Gasteiger partial charge in [0.1, 0.15) is 10.7 Å². The van der Waals surface area contributed by atoms with Gasteiger partial charge in [0.05, 0.1) is 0 Å². The van der Waals surface area contributed by atoms with Crippen LogP contribution in [-0.2, 0) is 0 Å². The van der Waals surface area contributed by atoms with Crippen molar-refractivity contribution in [3.63, 3.8) is 0 Å². The third-order valence-electron chi connectivity index (χ3n) is 2.67. The van der Waals surface area contributed by atoms with E-state index in [0.717, 1.165) is 12.8 Å². The lowest BCUT2D eigenvalue weighted by molar-refractivity contribution is 0.0790. The van der Waals surface area contributed by atoms with Gasteiger partial charge in [-0.3, -0.25) is 4.79 Å². The van der Waals surface area contributed by atoms with Crippen molar-refractivity contribution in [3.05, 3.63) is 4.88 Å². The summed E-state index contributed by atoms with van der Waals surface area (Å²) in [5, 5.41) is 3.87. The van der Waals surface area contributed by atoms with E-state index >= 15 is 0 Å². The highest BCUT2D eigenvalue weighted by atomic mass is 32.1. The third-order valence-corrected chi connectivity index (χ3v) is 3.67. The van der Waals surface area contributed by atoms with Crippen LogP contribution >= 0.6 is 11.3 Å². The first-order valence-electron chi connectivity index (χ1n) is 5.79. The fraction of sp³-hybridized carbons (Fsp3) is 0.636. The molecule has 0 saturated heterocycles. The number of thiazole rings is 1. The van der Waals surface area contributed by atoms with Crippen LogP contribution in [0.4, 0.5) is 10.9 Å². The Bertz CT molecular complexity index is 425. The summed E-state index contributed by atoms with van der Waals surface area (Å²) in [6.07, 6.45) is 2.19. The molecule has 1 aromatic heterocycles. The van der Waals surface area contributed by atoms with Crippen molar-refractivity contribution in [2.45, 2.75) is 38.8 Å². The zero-order chi connectivity index (χ0) is 12.6. The topological polar surface area (TPSA) is 71.2 Å². The number of nitrogen functional groups attached to an aromatic ring is 1. The summed E-state index contributed by atoms with van der Waals surface area (Å²) in [6.45, 7) is 4.05. The van der Waals surface area contributed by atoms with Gasteiger partial charge in [0.15, 0.2) is 5.13 Å². The number of anilines is 2. The van der Waals surface area contributed by atoms with Crippen LogP contribution in [0.2, 0.25) is 0 Å². The Morgan fingerprint density at radius 3 is 2.76 bits per heavy atom. The standard InChI is InChI=1S/C11H18N4OS/c1-6(2)13-11-14-9(12)8(17-11)10(16)15(3)7-4-5-7/h6-7H,4-5,12H2,1-3H3,(H,13,14). The molecule has 0 unspecified atom stereocenters. The molecule has 0 aliphatic heterocycles. The summed E-state index contributed by atoms with van der Waals surface area (Å²) in [5.74, 6) is 0.315. The van der Waals surface area contributed by atoms with Gasteiger partial charge in [0.25, 0.3) is 5.91 Å². The zero-order valence-electron chi connectivity index (χ0n) is 10.4. The highest BCUT2D eigenvalue weighted by molar-refractivity contribution is 7.18. The second-order valence-electron chi connectivity index (χ2n) is 4.68. The number of aromatic nitrogens is 1. The van der Waals surface area contributed by atoms with Crippen molar-refractivity contribution in [1.29, 1.82) is 0 Å². The number of nitrogens with one attached hydrogen (secondary N) is 1. The van der Waals surface area contributed by atoms with Crippen LogP contribution in [0.3, 0.4) is 0 Å². The van der Waals surface area contributed by atoms with E-state index in [1.54, 1.807) is 4.90 Å². The number of rotatable bonds is 4. The van der Waals surface area contributed by atoms with Crippen LogP contribution < -0.4 is 11.1 Å². The normalized spacial score (nSPS) is 15.1. The predicted octanol–water partition coefficient (Wildman–Crippen LogP) is 1.78. The van der Waals surface area contributed by atoms with Crippen molar-refractivity contribution in [1.82, 2.24) is 9.88 Å². The maximum Gasteiger partial charge on any atom is 0.267 e. The molecule has 6 heteroatoms. The molecular weight excluding hydrogens is 236 g/mol. The van der Waals surface area contributed by atoms with Gasteiger partial charge in [-0.25, -0.2) is 4.98 Å². The molecule has 1 saturated carbocycles. The Labute approximate surface area is 105 Å². The van der Waals surface area contributed by atoms with Crippen LogP contribution in [0.25, 0.3) is 0 Å². The maximum absolute atomic E-state index is 12.1. The number of nitrogens with zero attached hydrogens (tertiary/aromatic N) is 2. The summed E-state index contributed by atoms with van der Waals surface area (Å²) in [4.78, 5) is 18.6. The lowest BCUT2D eigenvalue weighted by Gasteiger charge is -2.14. The van der Waals surface area contributed by atoms with Gasteiger partial charge >= 0.3 is 0 Å². The molecule has 0 spiro atoms. The minimum absolute atomic E-state index is 0.0145. The molecule has 5 nitrogen and oxygen atoms in total. The molecular formula is C11H18N4OS. The van der Waals surface area contributed by atoms with Gasteiger partial charge in [-0.1, -0.05) is 11.3 Å². The Kier molecular flexibility index (Phi) is 3.24. The molecule has 0 aromatic carbocycles. The highest BCUT2D eigenvalue weighted by Crippen LogP contribution is 2.31. The molecule has 1 heterocycles. The molecule has 2 rings (SSSR count). The summed E-state index contributed by atoms with van der Waals surface area (Å²) >= 11 is 1.33. The summed E-state index contributed by atoms with van der Waals surface area (Å²) in [5.41, 5.74) is 5.79. The van der Waals surface area contributed by atoms with Gasteiger partial charge in [0, 0.05) is 19.1 Å². The van der Waals surface area contributed by atoms with Crippen molar-refractivity contribution in [2.75, 3.05) is 18.1 Å². The summed E-state index contributed by atoms with van der Waals surface area (Å²) < 4.78 is 0. The van der Waals surface area contributed by atoms with Crippen molar-refractivity contribution in [3.8, 4) is 0 Å². The number of carbonyl (C=O) groups is 1. The smallest absolute Gasteiger partial charge is 0.267 e. The minimum atomic E-state index is -0.0145. The fourth-order valence-electron chi connectivity index (χ4n) is 1.58.